The molecule has 136 valence electrons. The summed E-state index contributed by atoms with van der Waals surface area (Å²) >= 11 is 0. The van der Waals surface area contributed by atoms with Gasteiger partial charge in [0.15, 0.2) is 0 Å². The molecule has 1 unspecified atom stereocenters. The number of unbranched alkanes of at least 4 members (excludes halogenated alkanes) is 2. The van der Waals surface area contributed by atoms with E-state index in [4.69, 9.17) is 9.84 Å². The van der Waals surface area contributed by atoms with E-state index in [9.17, 15) is 4.79 Å². The first-order valence-corrected chi connectivity index (χ1v) is 9.48. The third kappa shape index (κ3) is 4.43. The third-order valence-corrected chi connectivity index (χ3v) is 5.34. The number of rotatable bonds is 8. The highest BCUT2D eigenvalue weighted by atomic mass is 16.5. The van der Waals surface area contributed by atoms with Crippen LogP contribution in [0.15, 0.2) is 23.8 Å². The van der Waals surface area contributed by atoms with Gasteiger partial charge in [-0.2, -0.15) is 0 Å². The summed E-state index contributed by atoms with van der Waals surface area (Å²) in [5, 5.41) is 9.00. The molecule has 0 radical (unpaired) electrons. The number of carboxylic acids is 1. The molecule has 25 heavy (non-hydrogen) atoms. The van der Waals surface area contributed by atoms with E-state index in [-0.39, 0.29) is 5.92 Å². The van der Waals surface area contributed by atoms with E-state index in [1.54, 1.807) is 0 Å². The molecule has 0 bridgehead atoms. The Hall–Kier alpha value is -1.81. The fraction of sp³-hybridized carbons (Fsp3) is 0.571. The standard InChI is InChI=1S/C21H29NO3/c1-3-4-5-8-25-20-7-6-16-10-18(15(2)9-17(16)11-20)12-22-13-19(14-22)21(23)24/h6-7,10-11,15,19H,3-5,8-9,12-14H2,1-2H3,(H,23,24). The normalized spacial score (nSPS) is 20.6. The zero-order valence-corrected chi connectivity index (χ0v) is 15.3. The summed E-state index contributed by atoms with van der Waals surface area (Å²) < 4.78 is 5.88. The maximum atomic E-state index is 10.9. The van der Waals surface area contributed by atoms with Gasteiger partial charge in [0.1, 0.15) is 5.75 Å². The molecule has 1 aromatic carbocycles. The Balaban J connectivity index is 1.60. The Morgan fingerprint density at radius 3 is 2.84 bits per heavy atom. The number of nitrogens with zero attached hydrogens (tertiary/aromatic N) is 1. The van der Waals surface area contributed by atoms with Gasteiger partial charge in [-0.05, 0) is 42.0 Å². The molecule has 3 rings (SSSR count). The van der Waals surface area contributed by atoms with E-state index < -0.39 is 5.97 Å². The van der Waals surface area contributed by atoms with Gasteiger partial charge in [-0.25, -0.2) is 0 Å². The van der Waals surface area contributed by atoms with Crippen LogP contribution in [0.25, 0.3) is 6.08 Å². The second-order valence-corrected chi connectivity index (χ2v) is 7.47. The number of carboxylic acid groups (broad SMARTS) is 1. The highest BCUT2D eigenvalue weighted by Gasteiger charge is 2.33. The van der Waals surface area contributed by atoms with Crippen LogP contribution in [-0.2, 0) is 11.2 Å². The van der Waals surface area contributed by atoms with Gasteiger partial charge in [-0.3, -0.25) is 9.69 Å². The van der Waals surface area contributed by atoms with Gasteiger partial charge in [0, 0.05) is 19.6 Å². The van der Waals surface area contributed by atoms with E-state index in [0.717, 1.165) is 31.7 Å². The quantitative estimate of drug-likeness (QED) is 0.729. The molecule has 1 saturated heterocycles. The summed E-state index contributed by atoms with van der Waals surface area (Å²) in [6.07, 6.45) is 6.86. The predicted molar refractivity (Wildman–Crippen MR) is 99.9 cm³/mol. The zero-order chi connectivity index (χ0) is 17.8. The van der Waals surface area contributed by atoms with Crippen molar-refractivity contribution in [3.05, 3.63) is 34.9 Å². The average molecular weight is 343 g/mol. The maximum Gasteiger partial charge on any atom is 0.309 e. The Kier molecular flexibility index (Phi) is 5.79. The van der Waals surface area contributed by atoms with E-state index in [2.05, 4.69) is 43.0 Å². The van der Waals surface area contributed by atoms with Crippen molar-refractivity contribution in [2.75, 3.05) is 26.2 Å². The summed E-state index contributed by atoms with van der Waals surface area (Å²) in [4.78, 5) is 13.2. The molecule has 1 N–H and O–H groups in total. The summed E-state index contributed by atoms with van der Waals surface area (Å²) in [6, 6.07) is 6.42. The first kappa shape index (κ1) is 18.0. The Bertz CT molecular complexity index is 647. The number of ether oxygens (including phenoxy) is 1. The Labute approximate surface area is 150 Å². The van der Waals surface area contributed by atoms with Crippen molar-refractivity contribution in [2.24, 2.45) is 11.8 Å². The fourth-order valence-corrected chi connectivity index (χ4v) is 3.65. The van der Waals surface area contributed by atoms with Crippen LogP contribution in [-0.4, -0.2) is 42.2 Å². The van der Waals surface area contributed by atoms with Crippen LogP contribution in [0.5, 0.6) is 5.75 Å². The van der Waals surface area contributed by atoms with Crippen LogP contribution in [0.4, 0.5) is 0 Å². The van der Waals surface area contributed by atoms with Gasteiger partial charge in [0.2, 0.25) is 0 Å². The predicted octanol–water partition coefficient (Wildman–Crippen LogP) is 3.85. The van der Waals surface area contributed by atoms with Crippen LogP contribution in [0.2, 0.25) is 0 Å². The minimum absolute atomic E-state index is 0.181. The van der Waals surface area contributed by atoms with Crippen molar-refractivity contribution in [3.8, 4) is 5.75 Å². The van der Waals surface area contributed by atoms with Gasteiger partial charge >= 0.3 is 5.97 Å². The molecule has 1 heterocycles. The molecule has 0 aromatic heterocycles. The van der Waals surface area contributed by atoms with Gasteiger partial charge in [0.25, 0.3) is 0 Å². The van der Waals surface area contributed by atoms with E-state index in [1.165, 1.54) is 29.5 Å². The molecule has 1 aliphatic carbocycles. The lowest BCUT2D eigenvalue weighted by atomic mass is 9.83. The van der Waals surface area contributed by atoms with Gasteiger partial charge in [-0.15, -0.1) is 0 Å². The molecule has 0 saturated carbocycles. The topological polar surface area (TPSA) is 49.8 Å². The molecule has 0 spiro atoms. The highest BCUT2D eigenvalue weighted by molar-refractivity contribution is 5.71. The van der Waals surface area contributed by atoms with Crippen molar-refractivity contribution >= 4 is 12.0 Å². The molecular formula is C21H29NO3. The number of aliphatic carboxylic acids is 1. The van der Waals surface area contributed by atoms with Crippen LogP contribution < -0.4 is 4.74 Å². The number of benzene rings is 1. The van der Waals surface area contributed by atoms with Crippen molar-refractivity contribution < 1.29 is 14.6 Å². The van der Waals surface area contributed by atoms with Crippen molar-refractivity contribution in [3.63, 3.8) is 0 Å². The lowest BCUT2D eigenvalue weighted by Crippen LogP contribution is -2.51. The summed E-state index contributed by atoms with van der Waals surface area (Å²) in [6.45, 7) is 7.50. The second-order valence-electron chi connectivity index (χ2n) is 7.47. The number of likely N-dealkylation sites (tertiary alicyclic amines) is 1. The number of carbonyl (C=O) groups is 1. The van der Waals surface area contributed by atoms with E-state index in [1.807, 2.05) is 0 Å². The van der Waals surface area contributed by atoms with Gasteiger partial charge < -0.3 is 9.84 Å². The van der Waals surface area contributed by atoms with E-state index >= 15 is 0 Å². The number of hydrogen-bond acceptors (Lipinski definition) is 3. The Morgan fingerprint density at radius 1 is 1.32 bits per heavy atom. The summed E-state index contributed by atoms with van der Waals surface area (Å²) in [5.74, 6) is 0.621. The monoisotopic (exact) mass is 343 g/mol. The van der Waals surface area contributed by atoms with Crippen LogP contribution in [0, 0.1) is 11.8 Å². The lowest BCUT2D eigenvalue weighted by molar-refractivity contribution is -0.147. The maximum absolute atomic E-state index is 10.9. The van der Waals surface area contributed by atoms with Crippen LogP contribution in [0.1, 0.15) is 44.2 Å². The molecule has 4 heteroatoms. The molecule has 1 atom stereocenters. The molecule has 1 aromatic rings. The molecule has 1 aliphatic heterocycles. The summed E-state index contributed by atoms with van der Waals surface area (Å²) in [7, 11) is 0. The smallest absolute Gasteiger partial charge is 0.309 e. The lowest BCUT2D eigenvalue weighted by Gasteiger charge is -2.38. The molecule has 4 nitrogen and oxygen atoms in total. The summed E-state index contributed by atoms with van der Waals surface area (Å²) in [5.41, 5.74) is 4.05. The Morgan fingerprint density at radius 2 is 2.12 bits per heavy atom. The first-order chi connectivity index (χ1) is 12.1. The molecule has 2 aliphatic rings. The first-order valence-electron chi connectivity index (χ1n) is 9.48. The molecular weight excluding hydrogens is 314 g/mol. The van der Waals surface area contributed by atoms with Crippen molar-refractivity contribution in [2.45, 2.75) is 39.5 Å². The minimum Gasteiger partial charge on any atom is -0.494 e. The minimum atomic E-state index is -0.668. The van der Waals surface area contributed by atoms with Gasteiger partial charge in [0.05, 0.1) is 12.5 Å². The average Bonchev–Trinajstić information content (AvgIpc) is 2.54. The van der Waals surface area contributed by atoms with Crippen molar-refractivity contribution in [1.82, 2.24) is 4.90 Å². The largest absolute Gasteiger partial charge is 0.494 e. The second kappa shape index (κ2) is 8.05. The molecule has 0 amide bonds. The van der Waals surface area contributed by atoms with Crippen LogP contribution in [0.3, 0.4) is 0 Å². The van der Waals surface area contributed by atoms with E-state index in [0.29, 0.717) is 19.0 Å². The SMILES string of the molecule is CCCCCOc1ccc2c(c1)CC(C)C(CN1CC(C(=O)O)C1)=C2. The number of fused-ring (bicyclic) bond motifs is 1. The number of hydrogen-bond donors (Lipinski definition) is 1. The zero-order valence-electron chi connectivity index (χ0n) is 15.3. The van der Waals surface area contributed by atoms with Crippen LogP contribution >= 0.6 is 0 Å². The fourth-order valence-electron chi connectivity index (χ4n) is 3.65. The highest BCUT2D eigenvalue weighted by Crippen LogP contribution is 2.32. The molecule has 1 fully saturated rings. The third-order valence-electron chi connectivity index (χ3n) is 5.34. The van der Waals surface area contributed by atoms with Gasteiger partial charge in [-0.1, -0.05) is 44.4 Å². The van der Waals surface area contributed by atoms with Crippen molar-refractivity contribution in [1.29, 1.82) is 0 Å².